The summed E-state index contributed by atoms with van der Waals surface area (Å²) in [6.07, 6.45) is 1.63. The van der Waals surface area contributed by atoms with E-state index in [1.54, 1.807) is 19.4 Å². The van der Waals surface area contributed by atoms with Gasteiger partial charge in [-0.1, -0.05) is 35.9 Å². The molecule has 0 aliphatic heterocycles. The number of benzene rings is 2. The number of aryl methyl sites for hydroxylation is 3. The smallest absolute Gasteiger partial charge is 0.274 e. The number of nitrogens with one attached hydrogen (secondary N) is 2. The lowest BCUT2D eigenvalue weighted by Crippen LogP contribution is -2.16. The van der Waals surface area contributed by atoms with Gasteiger partial charge in [-0.2, -0.15) is 0 Å². The molecule has 0 saturated heterocycles. The molecule has 1 aromatic heterocycles. The van der Waals surface area contributed by atoms with Crippen LogP contribution in [-0.2, 0) is 6.54 Å². The number of carbonyl (C=O) groups excluding carboxylic acids is 1. The van der Waals surface area contributed by atoms with E-state index in [-0.39, 0.29) is 5.91 Å². The average Bonchev–Trinajstić information content (AvgIpc) is 2.69. The van der Waals surface area contributed by atoms with Crippen molar-refractivity contribution in [1.29, 1.82) is 0 Å². The molecule has 3 rings (SSSR count). The standard InChI is InChI=1S/C23H25N3O2/c1-15-11-16(2)22(17(3)12-15)26-23(27)20-13-19(9-10-24-20)25-14-18-7-5-6-8-21(18)28-4/h5-13H,14H2,1-4H3,(H,24,25)(H,26,27). The number of pyridine rings is 1. The van der Waals surface area contributed by atoms with Gasteiger partial charge in [0.15, 0.2) is 0 Å². The summed E-state index contributed by atoms with van der Waals surface area (Å²) in [4.78, 5) is 16.9. The number of para-hydroxylation sites is 1. The Morgan fingerprint density at radius 1 is 1.04 bits per heavy atom. The Morgan fingerprint density at radius 2 is 1.75 bits per heavy atom. The van der Waals surface area contributed by atoms with E-state index >= 15 is 0 Å². The number of hydrogen-bond donors (Lipinski definition) is 2. The Balaban J connectivity index is 1.73. The highest BCUT2D eigenvalue weighted by atomic mass is 16.5. The molecule has 28 heavy (non-hydrogen) atoms. The van der Waals surface area contributed by atoms with E-state index in [2.05, 4.69) is 27.8 Å². The van der Waals surface area contributed by atoms with Gasteiger partial charge in [0.25, 0.3) is 5.91 Å². The van der Waals surface area contributed by atoms with E-state index in [1.807, 2.05) is 51.1 Å². The molecule has 0 radical (unpaired) electrons. The molecule has 2 aromatic carbocycles. The second-order valence-electron chi connectivity index (χ2n) is 6.82. The normalized spacial score (nSPS) is 10.4. The van der Waals surface area contributed by atoms with Crippen molar-refractivity contribution in [1.82, 2.24) is 4.98 Å². The van der Waals surface area contributed by atoms with Crippen molar-refractivity contribution < 1.29 is 9.53 Å². The van der Waals surface area contributed by atoms with Crippen LogP contribution in [0.25, 0.3) is 0 Å². The van der Waals surface area contributed by atoms with Gasteiger partial charge in [0.1, 0.15) is 11.4 Å². The van der Waals surface area contributed by atoms with Crippen LogP contribution in [0.15, 0.2) is 54.7 Å². The van der Waals surface area contributed by atoms with Crippen LogP contribution in [0.4, 0.5) is 11.4 Å². The molecule has 5 heteroatoms. The topological polar surface area (TPSA) is 63.2 Å². The van der Waals surface area contributed by atoms with E-state index in [4.69, 9.17) is 4.74 Å². The predicted octanol–water partition coefficient (Wildman–Crippen LogP) is 4.88. The molecule has 0 spiro atoms. The van der Waals surface area contributed by atoms with Crippen LogP contribution < -0.4 is 15.4 Å². The first-order chi connectivity index (χ1) is 13.5. The molecule has 0 saturated carbocycles. The highest BCUT2D eigenvalue weighted by Gasteiger charge is 2.12. The Bertz CT molecular complexity index is 976. The van der Waals surface area contributed by atoms with Crippen molar-refractivity contribution in [2.24, 2.45) is 0 Å². The minimum Gasteiger partial charge on any atom is -0.496 e. The second kappa shape index (κ2) is 8.57. The van der Waals surface area contributed by atoms with Crippen LogP contribution in [-0.4, -0.2) is 18.0 Å². The van der Waals surface area contributed by atoms with Gasteiger partial charge in [-0.15, -0.1) is 0 Å². The molecule has 1 heterocycles. The SMILES string of the molecule is COc1ccccc1CNc1ccnc(C(=O)Nc2c(C)cc(C)cc2C)c1. The van der Waals surface area contributed by atoms with E-state index in [1.165, 1.54) is 5.56 Å². The number of hydrogen-bond acceptors (Lipinski definition) is 4. The van der Waals surface area contributed by atoms with Gasteiger partial charge in [0.2, 0.25) is 0 Å². The van der Waals surface area contributed by atoms with Crippen molar-refractivity contribution in [2.45, 2.75) is 27.3 Å². The van der Waals surface area contributed by atoms with Crippen LogP contribution in [0, 0.1) is 20.8 Å². The molecule has 144 valence electrons. The fourth-order valence-electron chi connectivity index (χ4n) is 3.27. The van der Waals surface area contributed by atoms with Crippen molar-refractivity contribution in [3.63, 3.8) is 0 Å². The maximum absolute atomic E-state index is 12.7. The van der Waals surface area contributed by atoms with Crippen LogP contribution in [0.1, 0.15) is 32.7 Å². The first kappa shape index (κ1) is 19.4. The van der Waals surface area contributed by atoms with Crippen LogP contribution in [0.5, 0.6) is 5.75 Å². The summed E-state index contributed by atoms with van der Waals surface area (Å²) >= 11 is 0. The molecule has 1 amide bonds. The van der Waals surface area contributed by atoms with E-state index in [0.29, 0.717) is 12.2 Å². The first-order valence-corrected chi connectivity index (χ1v) is 9.19. The third-order valence-corrected chi connectivity index (χ3v) is 4.58. The van der Waals surface area contributed by atoms with Crippen molar-refractivity contribution >= 4 is 17.3 Å². The van der Waals surface area contributed by atoms with Gasteiger partial charge in [0, 0.05) is 29.7 Å². The number of anilines is 2. The van der Waals surface area contributed by atoms with Crippen molar-refractivity contribution in [3.05, 3.63) is 82.7 Å². The zero-order chi connectivity index (χ0) is 20.1. The van der Waals surface area contributed by atoms with Crippen LogP contribution in [0.3, 0.4) is 0 Å². The highest BCUT2D eigenvalue weighted by Crippen LogP contribution is 2.23. The minimum absolute atomic E-state index is 0.226. The number of aromatic nitrogens is 1. The maximum Gasteiger partial charge on any atom is 0.274 e. The minimum atomic E-state index is -0.226. The molecule has 0 aliphatic rings. The Kier molecular flexibility index (Phi) is 5.94. The third kappa shape index (κ3) is 4.49. The lowest BCUT2D eigenvalue weighted by Gasteiger charge is -2.13. The number of amides is 1. The molecule has 5 nitrogen and oxygen atoms in total. The zero-order valence-corrected chi connectivity index (χ0v) is 16.7. The Hall–Kier alpha value is -3.34. The summed E-state index contributed by atoms with van der Waals surface area (Å²) in [5, 5.41) is 6.32. The lowest BCUT2D eigenvalue weighted by molar-refractivity contribution is 0.102. The molecular weight excluding hydrogens is 350 g/mol. The highest BCUT2D eigenvalue weighted by molar-refractivity contribution is 6.04. The van der Waals surface area contributed by atoms with Crippen molar-refractivity contribution in [3.8, 4) is 5.75 Å². The maximum atomic E-state index is 12.7. The van der Waals surface area contributed by atoms with E-state index < -0.39 is 0 Å². The van der Waals surface area contributed by atoms with Gasteiger partial charge < -0.3 is 15.4 Å². The number of rotatable bonds is 6. The number of ether oxygens (including phenoxy) is 1. The monoisotopic (exact) mass is 375 g/mol. The molecule has 0 atom stereocenters. The van der Waals surface area contributed by atoms with Crippen LogP contribution >= 0.6 is 0 Å². The van der Waals surface area contributed by atoms with Gasteiger partial charge >= 0.3 is 0 Å². The number of carbonyl (C=O) groups is 1. The fourth-order valence-corrected chi connectivity index (χ4v) is 3.27. The molecule has 0 fully saturated rings. The Labute approximate surface area is 165 Å². The van der Waals surface area contributed by atoms with Gasteiger partial charge in [-0.05, 0) is 50.1 Å². The summed E-state index contributed by atoms with van der Waals surface area (Å²) in [6.45, 7) is 6.62. The van der Waals surface area contributed by atoms with Gasteiger partial charge in [-0.3, -0.25) is 9.78 Å². The molecular formula is C23H25N3O2. The molecule has 2 N–H and O–H groups in total. The molecule has 0 unspecified atom stereocenters. The first-order valence-electron chi connectivity index (χ1n) is 9.19. The summed E-state index contributed by atoms with van der Waals surface area (Å²) in [6, 6.07) is 15.5. The third-order valence-electron chi connectivity index (χ3n) is 4.58. The summed E-state index contributed by atoms with van der Waals surface area (Å²) in [7, 11) is 1.66. The largest absolute Gasteiger partial charge is 0.496 e. The van der Waals surface area contributed by atoms with E-state index in [0.717, 1.165) is 33.8 Å². The van der Waals surface area contributed by atoms with Gasteiger partial charge in [0.05, 0.1) is 7.11 Å². The summed E-state index contributed by atoms with van der Waals surface area (Å²) < 4.78 is 5.38. The molecule has 0 bridgehead atoms. The predicted molar refractivity (Wildman–Crippen MR) is 113 cm³/mol. The van der Waals surface area contributed by atoms with E-state index in [9.17, 15) is 4.79 Å². The molecule has 3 aromatic rings. The van der Waals surface area contributed by atoms with Crippen LogP contribution in [0.2, 0.25) is 0 Å². The average molecular weight is 375 g/mol. The van der Waals surface area contributed by atoms with Crippen molar-refractivity contribution in [2.75, 3.05) is 17.7 Å². The summed E-state index contributed by atoms with van der Waals surface area (Å²) in [5.74, 6) is 0.600. The lowest BCUT2D eigenvalue weighted by atomic mass is 10.0. The molecule has 0 aliphatic carbocycles. The van der Waals surface area contributed by atoms with Gasteiger partial charge in [-0.25, -0.2) is 0 Å². The summed E-state index contributed by atoms with van der Waals surface area (Å²) in [5.41, 5.74) is 6.32. The fraction of sp³-hybridized carbons (Fsp3) is 0.217. The number of nitrogens with zero attached hydrogens (tertiary/aromatic N) is 1. The second-order valence-corrected chi connectivity index (χ2v) is 6.82. The zero-order valence-electron chi connectivity index (χ0n) is 16.7. The Morgan fingerprint density at radius 3 is 2.46 bits per heavy atom. The number of methoxy groups -OCH3 is 1. The quantitative estimate of drug-likeness (QED) is 0.644.